The van der Waals surface area contributed by atoms with Crippen LogP contribution < -0.4 is 15.4 Å². The molecular formula is C18H24N6O2S2. The monoisotopic (exact) mass is 420 g/mol. The van der Waals surface area contributed by atoms with Crippen LogP contribution >= 0.6 is 12.2 Å². The second kappa shape index (κ2) is 9.26. The molecule has 2 heterocycles. The van der Waals surface area contributed by atoms with E-state index in [2.05, 4.69) is 37.1 Å². The van der Waals surface area contributed by atoms with Crippen LogP contribution in [0.25, 0.3) is 0 Å². The van der Waals surface area contributed by atoms with E-state index < -0.39 is 10.0 Å². The molecule has 0 spiro atoms. The molecule has 1 saturated heterocycles. The van der Waals surface area contributed by atoms with Crippen LogP contribution in [0.15, 0.2) is 47.6 Å². The molecule has 0 aliphatic carbocycles. The van der Waals surface area contributed by atoms with E-state index in [9.17, 15) is 8.42 Å². The number of thiocarbonyl (C=S) groups is 1. The van der Waals surface area contributed by atoms with Gasteiger partial charge in [-0.15, -0.1) is 0 Å². The van der Waals surface area contributed by atoms with Crippen molar-refractivity contribution < 1.29 is 8.42 Å². The van der Waals surface area contributed by atoms with Gasteiger partial charge in [-0.2, -0.15) is 0 Å². The smallest absolute Gasteiger partial charge is 0.264 e. The van der Waals surface area contributed by atoms with Gasteiger partial charge in [-0.05, 0) is 61.9 Å². The van der Waals surface area contributed by atoms with Crippen molar-refractivity contribution >= 4 is 39.0 Å². The molecular weight excluding hydrogens is 396 g/mol. The number of hydrogen-bond donors (Lipinski definition) is 3. The Labute approximate surface area is 170 Å². The number of aromatic nitrogens is 2. The number of rotatable bonds is 6. The van der Waals surface area contributed by atoms with Gasteiger partial charge >= 0.3 is 0 Å². The average molecular weight is 421 g/mol. The second-order valence-corrected chi connectivity index (χ2v) is 8.60. The summed E-state index contributed by atoms with van der Waals surface area (Å²) < 4.78 is 27.1. The van der Waals surface area contributed by atoms with E-state index in [1.165, 1.54) is 24.5 Å². The number of anilines is 2. The minimum absolute atomic E-state index is 0.0317. The summed E-state index contributed by atoms with van der Waals surface area (Å²) >= 11 is 5.38. The van der Waals surface area contributed by atoms with Crippen molar-refractivity contribution in [2.45, 2.75) is 30.7 Å². The van der Waals surface area contributed by atoms with E-state index in [1.807, 2.05) is 0 Å². The maximum atomic E-state index is 12.4. The second-order valence-electron chi connectivity index (χ2n) is 6.51. The van der Waals surface area contributed by atoms with Crippen LogP contribution in [0.3, 0.4) is 0 Å². The van der Waals surface area contributed by atoms with Gasteiger partial charge in [0.05, 0.1) is 4.90 Å². The van der Waals surface area contributed by atoms with Gasteiger partial charge in [-0.1, -0.05) is 6.92 Å². The Balaban J connectivity index is 1.54. The Hall–Kier alpha value is -2.30. The minimum atomic E-state index is -3.74. The first-order valence-electron chi connectivity index (χ1n) is 9.16. The molecule has 0 unspecified atom stereocenters. The lowest BCUT2D eigenvalue weighted by Gasteiger charge is -2.32. The summed E-state index contributed by atoms with van der Waals surface area (Å²) in [7, 11) is -3.74. The number of hydrogen-bond acceptors (Lipinski definition) is 6. The predicted octanol–water partition coefficient (Wildman–Crippen LogP) is 2.05. The highest BCUT2D eigenvalue weighted by Gasteiger charge is 2.19. The molecule has 3 rings (SSSR count). The third-order valence-corrected chi connectivity index (χ3v) is 6.15. The minimum Gasteiger partial charge on any atom is -0.360 e. The van der Waals surface area contributed by atoms with E-state index in [0.29, 0.717) is 11.2 Å². The summed E-state index contributed by atoms with van der Waals surface area (Å²) in [5, 5.41) is 6.99. The van der Waals surface area contributed by atoms with Crippen LogP contribution in [0.4, 0.5) is 11.6 Å². The first-order chi connectivity index (χ1) is 13.5. The van der Waals surface area contributed by atoms with Crippen LogP contribution in [0.5, 0.6) is 0 Å². The fourth-order valence-corrected chi connectivity index (χ4v) is 4.24. The van der Waals surface area contributed by atoms with Gasteiger partial charge in [0.1, 0.15) is 0 Å². The molecule has 1 aromatic carbocycles. The molecule has 150 valence electrons. The zero-order valence-corrected chi connectivity index (χ0v) is 17.3. The quantitative estimate of drug-likeness (QED) is 0.611. The van der Waals surface area contributed by atoms with E-state index >= 15 is 0 Å². The lowest BCUT2D eigenvalue weighted by atomic mass is 10.1. The van der Waals surface area contributed by atoms with Crippen molar-refractivity contribution in [1.82, 2.24) is 20.2 Å². The fourth-order valence-electron chi connectivity index (χ4n) is 2.99. The number of nitrogens with zero attached hydrogens (tertiary/aromatic N) is 3. The highest BCUT2D eigenvalue weighted by atomic mass is 32.2. The first kappa shape index (κ1) is 20.4. The van der Waals surface area contributed by atoms with Crippen molar-refractivity contribution in [3.63, 3.8) is 0 Å². The highest BCUT2D eigenvalue weighted by Crippen LogP contribution is 2.17. The molecule has 1 fully saturated rings. The van der Waals surface area contributed by atoms with E-state index in [-0.39, 0.29) is 10.8 Å². The van der Waals surface area contributed by atoms with Crippen LogP contribution in [0, 0.1) is 0 Å². The summed E-state index contributed by atoms with van der Waals surface area (Å²) in [4.78, 5) is 10.3. The topological polar surface area (TPSA) is 99.2 Å². The molecule has 1 aliphatic rings. The van der Waals surface area contributed by atoms with Crippen molar-refractivity contribution in [3.8, 4) is 0 Å². The van der Waals surface area contributed by atoms with E-state index in [4.69, 9.17) is 12.2 Å². The van der Waals surface area contributed by atoms with Gasteiger partial charge in [-0.3, -0.25) is 0 Å². The molecule has 0 bridgehead atoms. The van der Waals surface area contributed by atoms with E-state index in [0.717, 1.165) is 38.2 Å². The highest BCUT2D eigenvalue weighted by molar-refractivity contribution is 7.92. The molecule has 0 radical (unpaired) electrons. The van der Waals surface area contributed by atoms with Gasteiger partial charge in [0.2, 0.25) is 5.95 Å². The Kier molecular flexibility index (Phi) is 6.76. The normalized spacial score (nSPS) is 15.8. The van der Waals surface area contributed by atoms with Crippen LogP contribution in [-0.2, 0) is 10.0 Å². The SMILES string of the molecule is CCN1CCC(NC(=S)Nc2ccc(S(=O)(=O)Nc3ncccn3)cc2)CC1. The van der Waals surface area contributed by atoms with Gasteiger partial charge in [-0.25, -0.2) is 23.1 Å². The summed E-state index contributed by atoms with van der Waals surface area (Å²) in [5.41, 5.74) is 0.721. The molecule has 10 heteroatoms. The van der Waals surface area contributed by atoms with Crippen LogP contribution in [0.1, 0.15) is 19.8 Å². The number of sulfonamides is 1. The van der Waals surface area contributed by atoms with Crippen LogP contribution in [0.2, 0.25) is 0 Å². The average Bonchev–Trinajstić information content (AvgIpc) is 2.69. The Morgan fingerprint density at radius 2 is 1.82 bits per heavy atom. The Bertz CT molecular complexity index is 882. The third kappa shape index (κ3) is 5.60. The lowest BCUT2D eigenvalue weighted by Crippen LogP contribution is -2.45. The van der Waals surface area contributed by atoms with Crippen molar-refractivity contribution in [2.24, 2.45) is 0 Å². The van der Waals surface area contributed by atoms with Gasteiger partial charge in [0.15, 0.2) is 5.11 Å². The maximum Gasteiger partial charge on any atom is 0.264 e. The van der Waals surface area contributed by atoms with Gasteiger partial charge in [0.25, 0.3) is 10.0 Å². The van der Waals surface area contributed by atoms with Crippen molar-refractivity contribution in [3.05, 3.63) is 42.7 Å². The van der Waals surface area contributed by atoms with E-state index in [1.54, 1.807) is 18.2 Å². The maximum absolute atomic E-state index is 12.4. The zero-order valence-electron chi connectivity index (χ0n) is 15.6. The molecule has 0 amide bonds. The summed E-state index contributed by atoms with van der Waals surface area (Å²) in [6, 6.07) is 8.34. The molecule has 8 nitrogen and oxygen atoms in total. The molecule has 1 aliphatic heterocycles. The molecule has 0 saturated carbocycles. The molecule has 3 N–H and O–H groups in total. The molecule has 2 aromatic rings. The first-order valence-corrected chi connectivity index (χ1v) is 11.0. The number of piperidine rings is 1. The zero-order chi connectivity index (χ0) is 20.0. The Morgan fingerprint density at radius 3 is 2.43 bits per heavy atom. The molecule has 28 heavy (non-hydrogen) atoms. The van der Waals surface area contributed by atoms with Gasteiger partial charge in [0, 0.05) is 37.2 Å². The van der Waals surface area contributed by atoms with Crippen molar-refractivity contribution in [2.75, 3.05) is 29.7 Å². The standard InChI is InChI=1S/C18H24N6O2S2/c1-2-24-12-8-15(9-13-24)22-18(27)21-14-4-6-16(7-5-14)28(25,26)23-17-19-10-3-11-20-17/h3-7,10-11,15H,2,8-9,12-13H2,1H3,(H,19,20,23)(H2,21,22,27). The summed E-state index contributed by atoms with van der Waals surface area (Å²) in [6.07, 6.45) is 5.05. The largest absolute Gasteiger partial charge is 0.360 e. The number of likely N-dealkylation sites (tertiary alicyclic amines) is 1. The number of benzene rings is 1. The lowest BCUT2D eigenvalue weighted by molar-refractivity contribution is 0.216. The van der Waals surface area contributed by atoms with Crippen molar-refractivity contribution in [1.29, 1.82) is 0 Å². The predicted molar refractivity (Wildman–Crippen MR) is 114 cm³/mol. The summed E-state index contributed by atoms with van der Waals surface area (Å²) in [6.45, 7) is 5.39. The molecule has 1 aromatic heterocycles. The third-order valence-electron chi connectivity index (χ3n) is 4.58. The van der Waals surface area contributed by atoms with Gasteiger partial charge < -0.3 is 15.5 Å². The Morgan fingerprint density at radius 1 is 1.18 bits per heavy atom. The summed E-state index contributed by atoms with van der Waals surface area (Å²) in [5.74, 6) is 0.0317. The fraction of sp³-hybridized carbons (Fsp3) is 0.389. The van der Waals surface area contributed by atoms with Crippen LogP contribution in [-0.4, -0.2) is 54.1 Å². The molecule has 0 atom stereocenters. The number of nitrogens with one attached hydrogen (secondary N) is 3.